The number of benzene rings is 1. The van der Waals surface area contributed by atoms with Crippen LogP contribution in [0.3, 0.4) is 0 Å². The molecular weight excluding hydrogens is 346 g/mol. The fraction of sp³-hybridized carbons (Fsp3) is 0.350. The number of nitrogens with zero attached hydrogens (tertiary/aromatic N) is 3. The van der Waals surface area contributed by atoms with Crippen molar-refractivity contribution >= 4 is 27.5 Å². The molecule has 0 aliphatic carbocycles. The van der Waals surface area contributed by atoms with Gasteiger partial charge in [0, 0.05) is 13.6 Å². The minimum absolute atomic E-state index is 0.00984. The summed E-state index contributed by atoms with van der Waals surface area (Å²) in [6.45, 7) is 4.66. The van der Waals surface area contributed by atoms with Crippen molar-refractivity contribution in [2.75, 3.05) is 6.54 Å². The topological polar surface area (TPSA) is 55.2 Å². The standard InChI is InChI=1S/C20H21N3O2S/c1-12-6-8-14(9-7-12)15-5-4-10-23(15)20(25)17-13(2)16-18(26-17)21-11-22(3)19(16)24/h6-9,11,15H,4-5,10H2,1-3H3. The third-order valence-electron chi connectivity index (χ3n) is 5.18. The van der Waals surface area contributed by atoms with E-state index in [1.165, 1.54) is 33.4 Å². The lowest BCUT2D eigenvalue weighted by molar-refractivity contribution is 0.0740. The summed E-state index contributed by atoms with van der Waals surface area (Å²) in [5, 5.41) is 0.564. The number of aryl methyl sites for hydroxylation is 3. The van der Waals surface area contributed by atoms with Crippen molar-refractivity contribution in [3.05, 3.63) is 62.5 Å². The van der Waals surface area contributed by atoms with Gasteiger partial charge in [0.25, 0.3) is 11.5 Å². The fourth-order valence-corrected chi connectivity index (χ4v) is 4.78. The Labute approximate surface area is 155 Å². The summed E-state index contributed by atoms with van der Waals surface area (Å²) in [6.07, 6.45) is 3.48. The van der Waals surface area contributed by atoms with Crippen LogP contribution in [0.2, 0.25) is 0 Å². The Hall–Kier alpha value is -2.47. The first kappa shape index (κ1) is 17.0. The zero-order chi connectivity index (χ0) is 18.4. The largest absolute Gasteiger partial charge is 0.331 e. The average Bonchev–Trinajstić information content (AvgIpc) is 3.24. The quantitative estimate of drug-likeness (QED) is 0.695. The number of fused-ring (bicyclic) bond motifs is 1. The zero-order valence-electron chi connectivity index (χ0n) is 15.2. The molecule has 1 saturated heterocycles. The molecule has 1 aliphatic heterocycles. The monoisotopic (exact) mass is 367 g/mol. The van der Waals surface area contributed by atoms with E-state index in [9.17, 15) is 9.59 Å². The molecule has 0 N–H and O–H groups in total. The molecule has 1 aromatic carbocycles. The Kier molecular flexibility index (Phi) is 4.15. The highest BCUT2D eigenvalue weighted by Gasteiger charge is 2.32. The summed E-state index contributed by atoms with van der Waals surface area (Å²) in [7, 11) is 1.68. The normalized spacial score (nSPS) is 17.2. The maximum absolute atomic E-state index is 13.3. The number of rotatable bonds is 2. The number of likely N-dealkylation sites (tertiary alicyclic amines) is 1. The second-order valence-corrected chi connectivity index (χ2v) is 7.96. The van der Waals surface area contributed by atoms with Gasteiger partial charge in [-0.3, -0.25) is 9.59 Å². The van der Waals surface area contributed by atoms with Gasteiger partial charge in [-0.15, -0.1) is 11.3 Å². The molecule has 3 aromatic rings. The van der Waals surface area contributed by atoms with Crippen molar-refractivity contribution in [3.63, 3.8) is 0 Å². The van der Waals surface area contributed by atoms with Crippen LogP contribution in [0.5, 0.6) is 0 Å². The van der Waals surface area contributed by atoms with Gasteiger partial charge in [-0.25, -0.2) is 4.98 Å². The van der Waals surface area contributed by atoms with Gasteiger partial charge < -0.3 is 9.47 Å². The van der Waals surface area contributed by atoms with Gasteiger partial charge in [0.05, 0.1) is 22.6 Å². The van der Waals surface area contributed by atoms with E-state index in [-0.39, 0.29) is 17.5 Å². The molecule has 26 heavy (non-hydrogen) atoms. The molecule has 0 radical (unpaired) electrons. The lowest BCUT2D eigenvalue weighted by atomic mass is 10.0. The Morgan fingerprint density at radius 1 is 1.23 bits per heavy atom. The summed E-state index contributed by atoms with van der Waals surface area (Å²) < 4.78 is 1.46. The number of hydrogen-bond donors (Lipinski definition) is 0. The van der Waals surface area contributed by atoms with Gasteiger partial charge in [0.15, 0.2) is 0 Å². The molecule has 0 bridgehead atoms. The Bertz CT molecular complexity index is 1050. The summed E-state index contributed by atoms with van der Waals surface area (Å²) in [5.74, 6) is 0.00984. The minimum Gasteiger partial charge on any atom is -0.331 e. The van der Waals surface area contributed by atoms with Crippen LogP contribution in [0.4, 0.5) is 0 Å². The van der Waals surface area contributed by atoms with Crippen LogP contribution < -0.4 is 5.56 Å². The molecular formula is C20H21N3O2S. The van der Waals surface area contributed by atoms with E-state index in [1.54, 1.807) is 7.05 Å². The smallest absolute Gasteiger partial charge is 0.264 e. The van der Waals surface area contributed by atoms with Crippen molar-refractivity contribution < 1.29 is 4.79 Å². The number of carbonyl (C=O) groups excluding carboxylic acids is 1. The second-order valence-electron chi connectivity index (χ2n) is 6.96. The van der Waals surface area contributed by atoms with Gasteiger partial charge in [0.2, 0.25) is 0 Å². The Morgan fingerprint density at radius 2 is 1.96 bits per heavy atom. The molecule has 1 unspecified atom stereocenters. The highest BCUT2D eigenvalue weighted by Crippen LogP contribution is 2.36. The van der Waals surface area contributed by atoms with Crippen LogP contribution in [0.1, 0.15) is 45.2 Å². The van der Waals surface area contributed by atoms with Crippen LogP contribution in [-0.4, -0.2) is 26.9 Å². The number of aromatic nitrogens is 2. The molecule has 2 aromatic heterocycles. The molecule has 4 rings (SSSR count). The number of hydrogen-bond acceptors (Lipinski definition) is 4. The van der Waals surface area contributed by atoms with Gasteiger partial charge in [-0.2, -0.15) is 0 Å². The fourth-order valence-electron chi connectivity index (χ4n) is 3.69. The molecule has 6 heteroatoms. The third-order valence-corrected chi connectivity index (χ3v) is 6.37. The number of amides is 1. The van der Waals surface area contributed by atoms with E-state index >= 15 is 0 Å². The lowest BCUT2D eigenvalue weighted by Gasteiger charge is -2.25. The first-order chi connectivity index (χ1) is 12.5. The second kappa shape index (κ2) is 6.36. The summed E-state index contributed by atoms with van der Waals surface area (Å²) in [4.78, 5) is 33.3. The highest BCUT2D eigenvalue weighted by atomic mass is 32.1. The van der Waals surface area contributed by atoms with Crippen molar-refractivity contribution in [1.82, 2.24) is 14.5 Å². The van der Waals surface area contributed by atoms with Crippen LogP contribution in [0, 0.1) is 13.8 Å². The predicted molar refractivity (Wildman–Crippen MR) is 104 cm³/mol. The summed E-state index contributed by atoms with van der Waals surface area (Å²) >= 11 is 1.33. The van der Waals surface area contributed by atoms with Crippen molar-refractivity contribution in [1.29, 1.82) is 0 Å². The van der Waals surface area contributed by atoms with Crippen LogP contribution in [0.25, 0.3) is 10.2 Å². The highest BCUT2D eigenvalue weighted by molar-refractivity contribution is 7.20. The number of carbonyl (C=O) groups is 1. The predicted octanol–water partition coefficient (Wildman–Crippen LogP) is 3.59. The van der Waals surface area contributed by atoms with Gasteiger partial charge in [-0.1, -0.05) is 29.8 Å². The van der Waals surface area contributed by atoms with E-state index in [2.05, 4.69) is 36.2 Å². The van der Waals surface area contributed by atoms with E-state index in [4.69, 9.17) is 0 Å². The first-order valence-electron chi connectivity index (χ1n) is 8.79. The SMILES string of the molecule is Cc1ccc(C2CCCN2C(=O)c2sc3ncn(C)c(=O)c3c2C)cc1. The van der Waals surface area contributed by atoms with Gasteiger partial charge >= 0.3 is 0 Å². The first-order valence-corrected chi connectivity index (χ1v) is 9.61. The molecule has 1 atom stereocenters. The Balaban J connectivity index is 1.74. The van der Waals surface area contributed by atoms with Gasteiger partial charge in [0.1, 0.15) is 4.83 Å². The molecule has 0 spiro atoms. The van der Waals surface area contributed by atoms with E-state index in [0.717, 1.165) is 24.9 Å². The Morgan fingerprint density at radius 3 is 2.69 bits per heavy atom. The summed E-state index contributed by atoms with van der Waals surface area (Å²) in [6, 6.07) is 8.51. The molecule has 5 nitrogen and oxygen atoms in total. The molecule has 3 heterocycles. The summed E-state index contributed by atoms with van der Waals surface area (Å²) in [5.41, 5.74) is 3.04. The third kappa shape index (κ3) is 2.65. The maximum Gasteiger partial charge on any atom is 0.264 e. The number of thiophene rings is 1. The van der Waals surface area contributed by atoms with E-state index < -0.39 is 0 Å². The molecule has 0 saturated carbocycles. The van der Waals surface area contributed by atoms with E-state index in [1.807, 2.05) is 11.8 Å². The van der Waals surface area contributed by atoms with E-state index in [0.29, 0.717) is 15.1 Å². The van der Waals surface area contributed by atoms with Crippen molar-refractivity contribution in [3.8, 4) is 0 Å². The minimum atomic E-state index is -0.0979. The maximum atomic E-state index is 13.3. The van der Waals surface area contributed by atoms with Gasteiger partial charge in [-0.05, 0) is 37.8 Å². The molecule has 134 valence electrons. The molecule has 1 fully saturated rings. The van der Waals surface area contributed by atoms with Crippen LogP contribution in [-0.2, 0) is 7.05 Å². The molecule has 1 aliphatic rings. The van der Waals surface area contributed by atoms with Crippen molar-refractivity contribution in [2.45, 2.75) is 32.7 Å². The zero-order valence-corrected chi connectivity index (χ0v) is 16.0. The molecule has 1 amide bonds. The lowest BCUT2D eigenvalue weighted by Crippen LogP contribution is -2.30. The van der Waals surface area contributed by atoms with Crippen LogP contribution in [0.15, 0.2) is 35.4 Å². The van der Waals surface area contributed by atoms with Crippen LogP contribution >= 0.6 is 11.3 Å². The average molecular weight is 367 g/mol. The van der Waals surface area contributed by atoms with Crippen molar-refractivity contribution in [2.24, 2.45) is 7.05 Å².